The molecule has 0 radical (unpaired) electrons. The predicted octanol–water partition coefficient (Wildman–Crippen LogP) is 3.11. The minimum atomic E-state index is -1.88. The van der Waals surface area contributed by atoms with Crippen LogP contribution in [0, 0.1) is 5.92 Å². The van der Waals surface area contributed by atoms with Crippen LogP contribution in [-0.2, 0) is 18.6 Å². The molecule has 6 heteroatoms. The Morgan fingerprint density at radius 3 is 2.40 bits per heavy atom. The van der Waals surface area contributed by atoms with E-state index in [-0.39, 0.29) is 47.1 Å². The molecular formula is C19H36O5Si. The van der Waals surface area contributed by atoms with Crippen molar-refractivity contribution in [3.05, 3.63) is 0 Å². The van der Waals surface area contributed by atoms with E-state index in [9.17, 15) is 5.11 Å². The fraction of sp³-hybridized carbons (Fsp3) is 1.00. The summed E-state index contributed by atoms with van der Waals surface area (Å²) in [4.78, 5) is 0. The SMILES string of the molecule is CO[C@@H]1C(O[Si](C)(C)C(C)(C)C)CC[C@]2(CO2)[C@H]1[C@@]1(C)O[C@@H]1CCO. The van der Waals surface area contributed by atoms with E-state index in [1.807, 2.05) is 0 Å². The van der Waals surface area contributed by atoms with E-state index in [0.717, 1.165) is 19.4 Å². The highest BCUT2D eigenvalue weighted by Gasteiger charge is 2.72. The molecule has 0 aromatic rings. The summed E-state index contributed by atoms with van der Waals surface area (Å²) >= 11 is 0. The van der Waals surface area contributed by atoms with Crippen LogP contribution in [0.3, 0.4) is 0 Å². The number of methoxy groups -OCH3 is 1. The van der Waals surface area contributed by atoms with Crippen LogP contribution in [0.4, 0.5) is 0 Å². The van der Waals surface area contributed by atoms with Crippen molar-refractivity contribution in [2.24, 2.45) is 5.92 Å². The van der Waals surface area contributed by atoms with Gasteiger partial charge in [0.2, 0.25) is 0 Å². The number of ether oxygens (including phenoxy) is 3. The van der Waals surface area contributed by atoms with Crippen LogP contribution in [-0.4, -0.2) is 63.3 Å². The third-order valence-corrected chi connectivity index (χ3v) is 11.6. The summed E-state index contributed by atoms with van der Waals surface area (Å²) in [6, 6.07) is 0. The van der Waals surface area contributed by atoms with E-state index < -0.39 is 8.32 Å². The summed E-state index contributed by atoms with van der Waals surface area (Å²) in [7, 11) is -0.0928. The molecule has 1 saturated carbocycles. The largest absolute Gasteiger partial charge is 0.411 e. The zero-order chi connectivity index (χ0) is 18.7. The molecule has 1 N–H and O–H groups in total. The van der Waals surface area contributed by atoms with Crippen molar-refractivity contribution < 1.29 is 23.7 Å². The quantitative estimate of drug-likeness (QED) is 0.573. The minimum absolute atomic E-state index is 0.0286. The van der Waals surface area contributed by atoms with E-state index >= 15 is 0 Å². The van der Waals surface area contributed by atoms with Crippen LogP contribution < -0.4 is 0 Å². The maximum Gasteiger partial charge on any atom is 0.192 e. The fourth-order valence-corrected chi connectivity index (χ4v) is 5.83. The van der Waals surface area contributed by atoms with E-state index in [2.05, 4.69) is 40.8 Å². The number of aliphatic hydroxyl groups is 1. The van der Waals surface area contributed by atoms with Crippen molar-refractivity contribution in [1.82, 2.24) is 0 Å². The van der Waals surface area contributed by atoms with Crippen LogP contribution in [0.15, 0.2) is 0 Å². The lowest BCUT2D eigenvalue weighted by atomic mass is 9.68. The van der Waals surface area contributed by atoms with Crippen molar-refractivity contribution in [2.45, 2.75) is 94.6 Å². The lowest BCUT2D eigenvalue weighted by Gasteiger charge is -2.47. The monoisotopic (exact) mass is 372 g/mol. The Morgan fingerprint density at radius 1 is 1.28 bits per heavy atom. The van der Waals surface area contributed by atoms with Crippen LogP contribution >= 0.6 is 0 Å². The summed E-state index contributed by atoms with van der Waals surface area (Å²) in [5.41, 5.74) is -0.401. The lowest BCUT2D eigenvalue weighted by Crippen LogP contribution is -2.58. The predicted molar refractivity (Wildman–Crippen MR) is 99.3 cm³/mol. The highest BCUT2D eigenvalue weighted by molar-refractivity contribution is 6.74. The number of aliphatic hydroxyl groups excluding tert-OH is 1. The van der Waals surface area contributed by atoms with Crippen LogP contribution in [0.2, 0.25) is 18.1 Å². The van der Waals surface area contributed by atoms with Crippen LogP contribution in [0.1, 0.15) is 47.0 Å². The van der Waals surface area contributed by atoms with Gasteiger partial charge in [-0.1, -0.05) is 20.8 Å². The van der Waals surface area contributed by atoms with Crippen molar-refractivity contribution in [3.63, 3.8) is 0 Å². The first-order valence-electron chi connectivity index (χ1n) is 9.64. The first kappa shape index (κ1) is 19.8. The molecule has 0 bridgehead atoms. The summed E-state index contributed by atoms with van der Waals surface area (Å²) < 4.78 is 24.8. The van der Waals surface area contributed by atoms with E-state index in [1.54, 1.807) is 7.11 Å². The van der Waals surface area contributed by atoms with Gasteiger partial charge >= 0.3 is 0 Å². The molecule has 0 aromatic heterocycles. The Hall–Kier alpha value is 0.0169. The minimum Gasteiger partial charge on any atom is -0.411 e. The highest BCUT2D eigenvalue weighted by Crippen LogP contribution is 2.59. The molecule has 1 aliphatic carbocycles. The number of rotatable bonds is 6. The van der Waals surface area contributed by atoms with Gasteiger partial charge in [-0.2, -0.15) is 0 Å². The Balaban J connectivity index is 1.82. The lowest BCUT2D eigenvalue weighted by molar-refractivity contribution is -0.111. The molecule has 1 unspecified atom stereocenters. The van der Waals surface area contributed by atoms with E-state index in [1.165, 1.54) is 0 Å². The Bertz CT molecular complexity index is 499. The molecule has 3 fully saturated rings. The zero-order valence-corrected chi connectivity index (χ0v) is 17.9. The molecule has 2 aliphatic heterocycles. The number of hydrogen-bond acceptors (Lipinski definition) is 5. The zero-order valence-electron chi connectivity index (χ0n) is 16.9. The summed E-state index contributed by atoms with van der Waals surface area (Å²) in [6.45, 7) is 14.5. The number of hydrogen-bond donors (Lipinski definition) is 1. The first-order valence-corrected chi connectivity index (χ1v) is 12.5. The first-order chi connectivity index (χ1) is 11.5. The molecule has 2 heterocycles. The third-order valence-electron chi connectivity index (χ3n) is 7.14. The Labute approximate surface area is 153 Å². The van der Waals surface area contributed by atoms with Gasteiger partial charge in [-0.15, -0.1) is 0 Å². The molecule has 0 amide bonds. The van der Waals surface area contributed by atoms with E-state index in [4.69, 9.17) is 18.6 Å². The van der Waals surface area contributed by atoms with Gasteiger partial charge in [-0.3, -0.25) is 0 Å². The Morgan fingerprint density at radius 2 is 1.92 bits per heavy atom. The van der Waals surface area contributed by atoms with E-state index in [0.29, 0.717) is 6.42 Å². The molecule has 1 spiro atoms. The molecule has 2 saturated heterocycles. The maximum absolute atomic E-state index is 9.31. The molecule has 6 atom stereocenters. The number of epoxide rings is 2. The summed E-state index contributed by atoms with van der Waals surface area (Å²) in [5, 5.41) is 9.48. The molecule has 3 aliphatic rings. The van der Waals surface area contributed by atoms with Crippen molar-refractivity contribution >= 4 is 8.32 Å². The van der Waals surface area contributed by atoms with Gasteiger partial charge in [0.1, 0.15) is 5.60 Å². The van der Waals surface area contributed by atoms with Gasteiger partial charge in [0.05, 0.1) is 36.4 Å². The van der Waals surface area contributed by atoms with Gasteiger partial charge in [-0.25, -0.2) is 0 Å². The average molecular weight is 373 g/mol. The average Bonchev–Trinajstić information content (AvgIpc) is 3.39. The van der Waals surface area contributed by atoms with Crippen molar-refractivity contribution in [3.8, 4) is 0 Å². The summed E-state index contributed by atoms with van der Waals surface area (Å²) in [6.07, 6.45) is 2.80. The van der Waals surface area contributed by atoms with Gasteiger partial charge in [0.25, 0.3) is 0 Å². The molecule has 5 nitrogen and oxygen atoms in total. The highest BCUT2D eigenvalue weighted by atomic mass is 28.4. The van der Waals surface area contributed by atoms with Crippen molar-refractivity contribution in [2.75, 3.05) is 20.3 Å². The standard InChI is InChI=1S/C19H36O5Si/c1-17(2,3)25(6,7)24-13-8-10-19(12-22-19)16(15(13)21-5)18(4)14(23-18)9-11-20/h13-16,20H,8-12H2,1-7H3/t13?,14-,15-,16-,18+,19+/m1/s1. The molecular weight excluding hydrogens is 336 g/mol. The van der Waals surface area contributed by atoms with Crippen LogP contribution in [0.25, 0.3) is 0 Å². The second-order valence-electron chi connectivity index (χ2n) is 9.79. The van der Waals surface area contributed by atoms with Gasteiger partial charge in [0.15, 0.2) is 8.32 Å². The van der Waals surface area contributed by atoms with Crippen molar-refractivity contribution in [1.29, 1.82) is 0 Å². The molecule has 25 heavy (non-hydrogen) atoms. The Kier molecular flexibility index (Phi) is 4.96. The maximum atomic E-state index is 9.31. The van der Waals surface area contributed by atoms with Gasteiger partial charge in [-0.05, 0) is 44.3 Å². The summed E-state index contributed by atoms with van der Waals surface area (Å²) in [5.74, 6) is 0.157. The second kappa shape index (κ2) is 6.28. The molecule has 0 aromatic carbocycles. The smallest absolute Gasteiger partial charge is 0.192 e. The third kappa shape index (κ3) is 3.34. The van der Waals surface area contributed by atoms with Gasteiger partial charge in [0, 0.05) is 13.7 Å². The fourth-order valence-electron chi connectivity index (χ4n) is 4.46. The van der Waals surface area contributed by atoms with Crippen LogP contribution in [0.5, 0.6) is 0 Å². The second-order valence-corrected chi connectivity index (χ2v) is 14.5. The molecule has 146 valence electrons. The normalized spacial score (nSPS) is 44.2. The van der Waals surface area contributed by atoms with Gasteiger partial charge < -0.3 is 23.7 Å². The molecule has 3 rings (SSSR count). The topological polar surface area (TPSA) is 63.8 Å².